The number of aliphatic hydroxyl groups excluding tert-OH is 1. The van der Waals surface area contributed by atoms with E-state index in [1.165, 1.54) is 93.8 Å². The lowest BCUT2D eigenvalue weighted by molar-refractivity contribution is -0.0201. The molecular weight excluding hydrogens is 609 g/mol. The topological polar surface area (TPSA) is 47.9 Å². The van der Waals surface area contributed by atoms with E-state index in [9.17, 15) is 5.11 Å². The number of hydrogen-bond donors (Lipinski definition) is 1. The zero-order valence-electron chi connectivity index (χ0n) is 31.4. The van der Waals surface area contributed by atoms with Gasteiger partial charge in [0, 0.05) is 19.8 Å². The Kier molecular flexibility index (Phi) is 23.9. The molecule has 0 saturated heterocycles. The van der Waals surface area contributed by atoms with Gasteiger partial charge < -0.3 is 19.0 Å². The molecule has 2 rings (SSSR count). The molecule has 0 aliphatic rings. The highest BCUT2D eigenvalue weighted by molar-refractivity contribution is 6.99. The monoisotopic (exact) mass is 681 g/mol. The van der Waals surface area contributed by atoms with Gasteiger partial charge in [0.25, 0.3) is 8.32 Å². The molecule has 5 heteroatoms. The SMILES string of the molecule is CCCCCCCC/C=C\CCCCCCCCOCC(O)COCCCCCCO[Si](c1ccccc1)(c1ccccc1)C(C)(C)C. The fraction of sp³-hybridized carbons (Fsp3) is 0.674. The van der Waals surface area contributed by atoms with E-state index in [-0.39, 0.29) is 5.04 Å². The number of hydrogen-bond acceptors (Lipinski definition) is 4. The molecule has 0 aliphatic heterocycles. The van der Waals surface area contributed by atoms with Gasteiger partial charge in [-0.2, -0.15) is 0 Å². The summed E-state index contributed by atoms with van der Waals surface area (Å²) in [5.41, 5.74) is 0. The number of unbranched alkanes of at least 4 members (excludes halogenated alkanes) is 15. The number of rotatable bonds is 30. The summed E-state index contributed by atoms with van der Waals surface area (Å²) in [6, 6.07) is 21.7. The predicted octanol–water partition coefficient (Wildman–Crippen LogP) is 10.6. The average molecular weight is 681 g/mol. The summed E-state index contributed by atoms with van der Waals surface area (Å²) in [4.78, 5) is 0. The molecule has 0 aliphatic carbocycles. The van der Waals surface area contributed by atoms with E-state index in [2.05, 4.69) is 101 Å². The highest BCUT2D eigenvalue weighted by Crippen LogP contribution is 2.36. The summed E-state index contributed by atoms with van der Waals surface area (Å²) in [5, 5.41) is 12.9. The van der Waals surface area contributed by atoms with Crippen LogP contribution in [0, 0.1) is 0 Å². The Labute approximate surface area is 297 Å². The molecular formula is C43H72O4Si. The van der Waals surface area contributed by atoms with Crippen molar-refractivity contribution in [1.82, 2.24) is 0 Å². The molecule has 48 heavy (non-hydrogen) atoms. The second-order valence-electron chi connectivity index (χ2n) is 14.7. The average Bonchev–Trinajstić information content (AvgIpc) is 3.09. The minimum absolute atomic E-state index is 0.0119. The Morgan fingerprint density at radius 1 is 0.562 bits per heavy atom. The van der Waals surface area contributed by atoms with Crippen LogP contribution in [0.5, 0.6) is 0 Å². The largest absolute Gasteiger partial charge is 0.407 e. The zero-order chi connectivity index (χ0) is 34.6. The Balaban J connectivity index is 1.44. The van der Waals surface area contributed by atoms with Crippen LogP contribution < -0.4 is 10.4 Å². The Morgan fingerprint density at radius 2 is 0.958 bits per heavy atom. The van der Waals surface area contributed by atoms with Gasteiger partial charge in [-0.15, -0.1) is 0 Å². The molecule has 272 valence electrons. The maximum Gasteiger partial charge on any atom is 0.261 e. The van der Waals surface area contributed by atoms with Crippen LogP contribution in [-0.2, 0) is 13.9 Å². The summed E-state index contributed by atoms with van der Waals surface area (Å²) >= 11 is 0. The van der Waals surface area contributed by atoms with E-state index < -0.39 is 14.4 Å². The van der Waals surface area contributed by atoms with Crippen molar-refractivity contribution in [2.45, 2.75) is 154 Å². The minimum atomic E-state index is -2.45. The fourth-order valence-electron chi connectivity index (χ4n) is 6.59. The molecule has 4 nitrogen and oxygen atoms in total. The number of benzene rings is 2. The molecule has 1 unspecified atom stereocenters. The van der Waals surface area contributed by atoms with Crippen LogP contribution >= 0.6 is 0 Å². The zero-order valence-corrected chi connectivity index (χ0v) is 32.4. The highest BCUT2D eigenvalue weighted by atomic mass is 28.4. The van der Waals surface area contributed by atoms with Crippen LogP contribution in [-0.4, -0.2) is 52.6 Å². The maximum atomic E-state index is 10.2. The summed E-state index contributed by atoms with van der Waals surface area (Å²) in [6.45, 7) is 12.2. The summed E-state index contributed by atoms with van der Waals surface area (Å²) < 4.78 is 18.4. The van der Waals surface area contributed by atoms with Crippen LogP contribution in [0.25, 0.3) is 0 Å². The van der Waals surface area contributed by atoms with Crippen molar-refractivity contribution in [3.05, 3.63) is 72.8 Å². The molecule has 2 aromatic rings. The number of allylic oxidation sites excluding steroid dienone is 2. The van der Waals surface area contributed by atoms with Crippen molar-refractivity contribution in [2.75, 3.05) is 33.0 Å². The van der Waals surface area contributed by atoms with E-state index in [1.807, 2.05) is 0 Å². The first-order valence-electron chi connectivity index (χ1n) is 19.7. The van der Waals surface area contributed by atoms with Gasteiger partial charge in [-0.3, -0.25) is 0 Å². The van der Waals surface area contributed by atoms with Crippen molar-refractivity contribution >= 4 is 18.7 Å². The molecule has 1 atom stereocenters. The highest BCUT2D eigenvalue weighted by Gasteiger charge is 2.49. The first-order valence-corrected chi connectivity index (χ1v) is 21.6. The molecule has 0 spiro atoms. The van der Waals surface area contributed by atoms with Gasteiger partial charge in [-0.05, 0) is 60.4 Å². The minimum Gasteiger partial charge on any atom is -0.407 e. The van der Waals surface area contributed by atoms with Gasteiger partial charge in [0.15, 0.2) is 0 Å². The molecule has 0 aromatic heterocycles. The molecule has 0 fully saturated rings. The molecule has 0 amide bonds. The molecule has 2 aromatic carbocycles. The summed E-state index contributed by atoms with van der Waals surface area (Å²) in [5.74, 6) is 0. The first-order chi connectivity index (χ1) is 23.4. The van der Waals surface area contributed by atoms with Gasteiger partial charge in [0.05, 0.1) is 13.2 Å². The Bertz CT molecular complexity index is 981. The van der Waals surface area contributed by atoms with E-state index in [4.69, 9.17) is 13.9 Å². The van der Waals surface area contributed by atoms with Crippen molar-refractivity contribution in [3.8, 4) is 0 Å². The van der Waals surface area contributed by atoms with Gasteiger partial charge in [-0.25, -0.2) is 0 Å². The van der Waals surface area contributed by atoms with Crippen LogP contribution in [0.4, 0.5) is 0 Å². The number of aliphatic hydroxyl groups is 1. The second kappa shape index (κ2) is 27.0. The van der Waals surface area contributed by atoms with Crippen LogP contribution in [0.15, 0.2) is 72.8 Å². The second-order valence-corrected chi connectivity index (χ2v) is 19.0. The number of ether oxygens (including phenoxy) is 2. The van der Waals surface area contributed by atoms with Crippen LogP contribution in [0.2, 0.25) is 5.04 Å². The van der Waals surface area contributed by atoms with Gasteiger partial charge in [-0.1, -0.05) is 171 Å². The van der Waals surface area contributed by atoms with Gasteiger partial charge >= 0.3 is 0 Å². The summed E-state index contributed by atoms with van der Waals surface area (Å²) in [7, 11) is -2.45. The third-order valence-corrected chi connectivity index (χ3v) is 14.4. The lowest BCUT2D eigenvalue weighted by atomic mass is 10.1. The van der Waals surface area contributed by atoms with Crippen LogP contribution in [0.3, 0.4) is 0 Å². The molecule has 1 N–H and O–H groups in total. The summed E-state index contributed by atoms with van der Waals surface area (Å²) in [6.07, 6.45) is 26.8. The van der Waals surface area contributed by atoms with Crippen molar-refractivity contribution < 1.29 is 19.0 Å². The molecule has 0 radical (unpaired) electrons. The lowest BCUT2D eigenvalue weighted by Crippen LogP contribution is -2.66. The van der Waals surface area contributed by atoms with E-state index in [0.29, 0.717) is 19.8 Å². The maximum absolute atomic E-state index is 10.2. The van der Waals surface area contributed by atoms with Crippen molar-refractivity contribution in [2.24, 2.45) is 0 Å². The third kappa shape index (κ3) is 17.8. The molecule has 0 heterocycles. The third-order valence-electron chi connectivity index (χ3n) is 9.34. The molecule has 0 saturated carbocycles. The van der Waals surface area contributed by atoms with Crippen molar-refractivity contribution in [3.63, 3.8) is 0 Å². The normalized spacial score (nSPS) is 13.0. The van der Waals surface area contributed by atoms with E-state index in [0.717, 1.165) is 45.3 Å². The standard InChI is InChI=1S/C43H72O4Si/c1-5-6-7-8-9-10-11-12-13-14-15-16-17-18-19-28-35-45-38-40(44)39-46-36-29-20-21-30-37-47-48(43(2,3)4,41-31-24-22-25-32-41)42-33-26-23-27-34-42/h12-13,22-27,31-34,40,44H,5-11,14-21,28-30,35-39H2,1-4H3/b13-12-. The van der Waals surface area contributed by atoms with Crippen molar-refractivity contribution in [1.29, 1.82) is 0 Å². The first kappa shape index (κ1) is 42.4. The quantitative estimate of drug-likeness (QED) is 0.0507. The fourth-order valence-corrected chi connectivity index (χ4v) is 11.2. The van der Waals surface area contributed by atoms with E-state index in [1.54, 1.807) is 0 Å². The van der Waals surface area contributed by atoms with Crippen LogP contribution in [0.1, 0.15) is 143 Å². The van der Waals surface area contributed by atoms with E-state index >= 15 is 0 Å². The molecule has 0 bridgehead atoms. The Morgan fingerprint density at radius 3 is 1.40 bits per heavy atom. The van der Waals surface area contributed by atoms with Gasteiger partial charge in [0.1, 0.15) is 6.10 Å². The smallest absolute Gasteiger partial charge is 0.261 e. The Hall–Kier alpha value is -1.76. The lowest BCUT2D eigenvalue weighted by Gasteiger charge is -2.43. The predicted molar refractivity (Wildman–Crippen MR) is 209 cm³/mol. The van der Waals surface area contributed by atoms with Gasteiger partial charge in [0.2, 0.25) is 0 Å².